The predicted octanol–water partition coefficient (Wildman–Crippen LogP) is 0.869. The van der Waals surface area contributed by atoms with Crippen LogP contribution in [0.3, 0.4) is 0 Å². The zero-order valence-corrected chi connectivity index (χ0v) is 15.0. The Morgan fingerprint density at radius 3 is 2.68 bits per heavy atom. The van der Waals surface area contributed by atoms with Crippen LogP contribution in [0.5, 0.6) is 11.5 Å². The van der Waals surface area contributed by atoms with Crippen LogP contribution in [-0.2, 0) is 15.0 Å². The van der Waals surface area contributed by atoms with E-state index in [-0.39, 0.29) is 18.0 Å². The molecule has 1 aliphatic rings. The van der Waals surface area contributed by atoms with Gasteiger partial charge in [-0.2, -0.15) is 8.42 Å². The molecule has 0 fully saturated rings. The van der Waals surface area contributed by atoms with E-state index in [9.17, 15) is 13.2 Å². The summed E-state index contributed by atoms with van der Waals surface area (Å²) in [5.74, 6) is 0.350. The molecule has 0 saturated heterocycles. The van der Waals surface area contributed by atoms with E-state index >= 15 is 0 Å². The molecule has 0 spiro atoms. The van der Waals surface area contributed by atoms with Crippen LogP contribution in [0, 0.1) is 0 Å². The first kappa shape index (κ1) is 18.5. The number of allylic oxidation sites excluding steroid dienone is 1. The van der Waals surface area contributed by atoms with E-state index in [1.165, 1.54) is 33.4 Å². The van der Waals surface area contributed by atoms with Crippen molar-refractivity contribution in [3.05, 3.63) is 48.2 Å². The standard InChI is InChI=1S/C16H19N3O5S/c1-5-8-17-16(20)14-10-13(18-25(21,22)19(14)2)12-9-11(23-3)6-7-15(12)24-4/h5-7,9-10H,1,8H2,2-4H3,(H,17,20). The summed E-state index contributed by atoms with van der Waals surface area (Å²) in [6.45, 7) is 3.72. The fraction of sp³-hybridized carbons (Fsp3) is 0.250. The van der Waals surface area contributed by atoms with Crippen LogP contribution >= 0.6 is 0 Å². The van der Waals surface area contributed by atoms with E-state index in [1.807, 2.05) is 0 Å². The highest BCUT2D eigenvalue weighted by Gasteiger charge is 2.30. The largest absolute Gasteiger partial charge is 0.497 e. The van der Waals surface area contributed by atoms with E-state index in [2.05, 4.69) is 16.3 Å². The van der Waals surface area contributed by atoms with Crippen molar-refractivity contribution in [2.75, 3.05) is 27.8 Å². The molecule has 0 atom stereocenters. The summed E-state index contributed by atoms with van der Waals surface area (Å²) in [6, 6.07) is 4.90. The lowest BCUT2D eigenvalue weighted by Gasteiger charge is -2.24. The number of nitrogens with one attached hydrogen (secondary N) is 1. The van der Waals surface area contributed by atoms with Crippen LogP contribution in [0.1, 0.15) is 5.56 Å². The minimum Gasteiger partial charge on any atom is -0.497 e. The van der Waals surface area contributed by atoms with Crippen LogP contribution in [0.25, 0.3) is 0 Å². The normalized spacial score (nSPS) is 15.7. The quantitative estimate of drug-likeness (QED) is 0.755. The summed E-state index contributed by atoms with van der Waals surface area (Å²) in [5, 5.41) is 2.55. The van der Waals surface area contributed by atoms with Gasteiger partial charge in [-0.15, -0.1) is 11.0 Å². The smallest absolute Gasteiger partial charge is 0.345 e. The molecule has 0 radical (unpaired) electrons. The number of amides is 1. The highest BCUT2D eigenvalue weighted by atomic mass is 32.2. The second-order valence-electron chi connectivity index (χ2n) is 5.02. The van der Waals surface area contributed by atoms with Gasteiger partial charge in [0.2, 0.25) is 0 Å². The van der Waals surface area contributed by atoms with Crippen LogP contribution in [0.2, 0.25) is 0 Å². The van der Waals surface area contributed by atoms with Gasteiger partial charge >= 0.3 is 10.2 Å². The Labute approximate surface area is 146 Å². The molecule has 1 aliphatic heterocycles. The minimum atomic E-state index is -4.05. The zero-order valence-electron chi connectivity index (χ0n) is 14.1. The minimum absolute atomic E-state index is 0.0586. The lowest BCUT2D eigenvalue weighted by Crippen LogP contribution is -2.38. The second kappa shape index (κ2) is 7.39. The van der Waals surface area contributed by atoms with Gasteiger partial charge in [0.1, 0.15) is 17.2 Å². The maximum absolute atomic E-state index is 12.3. The molecule has 0 saturated carbocycles. The molecule has 0 aromatic heterocycles. The van der Waals surface area contributed by atoms with Crippen molar-refractivity contribution >= 4 is 21.8 Å². The van der Waals surface area contributed by atoms with E-state index in [0.717, 1.165) is 4.31 Å². The lowest BCUT2D eigenvalue weighted by molar-refractivity contribution is -0.118. The Morgan fingerprint density at radius 2 is 2.08 bits per heavy atom. The maximum atomic E-state index is 12.3. The van der Waals surface area contributed by atoms with Gasteiger partial charge in [-0.3, -0.25) is 4.79 Å². The van der Waals surface area contributed by atoms with Crippen molar-refractivity contribution in [2.45, 2.75) is 0 Å². The lowest BCUT2D eigenvalue weighted by atomic mass is 10.1. The topological polar surface area (TPSA) is 97.3 Å². The molecule has 0 unspecified atom stereocenters. The first-order valence-corrected chi connectivity index (χ1v) is 8.65. The van der Waals surface area contributed by atoms with Crippen molar-refractivity contribution in [2.24, 2.45) is 4.40 Å². The predicted molar refractivity (Wildman–Crippen MR) is 94.1 cm³/mol. The molecule has 25 heavy (non-hydrogen) atoms. The van der Waals surface area contributed by atoms with Gasteiger partial charge in [0.05, 0.1) is 19.9 Å². The number of hydrogen-bond donors (Lipinski definition) is 1. The average molecular weight is 365 g/mol. The van der Waals surface area contributed by atoms with Crippen LogP contribution in [0.15, 0.2) is 47.0 Å². The fourth-order valence-electron chi connectivity index (χ4n) is 2.16. The number of nitrogens with zero attached hydrogens (tertiary/aromatic N) is 2. The Morgan fingerprint density at radius 1 is 1.36 bits per heavy atom. The SMILES string of the molecule is C=CCNC(=O)C1=CC(c2cc(OC)ccc2OC)=NS(=O)(=O)N1C. The number of hydrogen-bond acceptors (Lipinski definition) is 5. The molecular formula is C16H19N3O5S. The number of methoxy groups -OCH3 is 2. The van der Waals surface area contributed by atoms with E-state index in [0.29, 0.717) is 17.1 Å². The third-order valence-electron chi connectivity index (χ3n) is 3.49. The Kier molecular flexibility index (Phi) is 5.48. The molecule has 9 heteroatoms. The summed E-state index contributed by atoms with van der Waals surface area (Å²) in [4.78, 5) is 12.3. The molecule has 0 aliphatic carbocycles. The molecule has 1 aromatic carbocycles. The molecular weight excluding hydrogens is 346 g/mol. The van der Waals surface area contributed by atoms with Crippen molar-refractivity contribution in [1.29, 1.82) is 0 Å². The molecule has 1 N–H and O–H groups in total. The van der Waals surface area contributed by atoms with Crippen LogP contribution in [-0.4, -0.2) is 52.2 Å². The zero-order chi connectivity index (χ0) is 18.6. The molecule has 2 rings (SSSR count). The number of ether oxygens (including phenoxy) is 2. The average Bonchev–Trinajstić information content (AvgIpc) is 2.61. The number of likely N-dealkylation sites (N-methyl/N-ethyl adjacent to an activating group) is 1. The summed E-state index contributed by atoms with van der Waals surface area (Å²) in [5.41, 5.74) is 0.418. The Hall–Kier alpha value is -2.81. The van der Waals surface area contributed by atoms with E-state index in [4.69, 9.17) is 9.47 Å². The molecule has 8 nitrogen and oxygen atoms in total. The van der Waals surface area contributed by atoms with Gasteiger partial charge in [0.15, 0.2) is 0 Å². The maximum Gasteiger partial charge on any atom is 0.345 e. The number of carbonyl (C=O) groups is 1. The first-order chi connectivity index (χ1) is 11.8. The first-order valence-electron chi connectivity index (χ1n) is 7.26. The third kappa shape index (κ3) is 3.82. The number of rotatable bonds is 6. The summed E-state index contributed by atoms with van der Waals surface area (Å²) < 4.78 is 39.7. The van der Waals surface area contributed by atoms with Gasteiger partial charge < -0.3 is 14.8 Å². The van der Waals surface area contributed by atoms with E-state index in [1.54, 1.807) is 18.2 Å². The van der Waals surface area contributed by atoms with Gasteiger partial charge in [-0.1, -0.05) is 6.08 Å². The Balaban J connectivity index is 2.58. The van der Waals surface area contributed by atoms with Crippen LogP contribution < -0.4 is 14.8 Å². The number of benzene rings is 1. The van der Waals surface area contributed by atoms with Crippen molar-refractivity contribution in [1.82, 2.24) is 9.62 Å². The summed E-state index contributed by atoms with van der Waals surface area (Å²) in [7, 11) is 0.153. The second-order valence-corrected chi connectivity index (χ2v) is 6.64. The highest BCUT2D eigenvalue weighted by molar-refractivity contribution is 7.88. The molecule has 1 heterocycles. The van der Waals surface area contributed by atoms with Gasteiger partial charge in [0, 0.05) is 19.2 Å². The third-order valence-corrected chi connectivity index (χ3v) is 4.81. The van der Waals surface area contributed by atoms with Crippen LogP contribution in [0.4, 0.5) is 0 Å². The molecule has 134 valence electrons. The molecule has 0 bridgehead atoms. The Bertz CT molecular complexity index is 859. The monoisotopic (exact) mass is 365 g/mol. The van der Waals surface area contributed by atoms with Crippen molar-refractivity contribution in [3.8, 4) is 11.5 Å². The summed E-state index contributed by atoms with van der Waals surface area (Å²) >= 11 is 0. The number of carbonyl (C=O) groups excluding carboxylic acids is 1. The van der Waals surface area contributed by atoms with Gasteiger partial charge in [-0.05, 0) is 24.3 Å². The summed E-state index contributed by atoms with van der Waals surface area (Å²) in [6.07, 6.45) is 2.88. The molecule has 1 aromatic rings. The van der Waals surface area contributed by atoms with Crippen molar-refractivity contribution < 1.29 is 22.7 Å². The van der Waals surface area contributed by atoms with E-state index < -0.39 is 16.1 Å². The van der Waals surface area contributed by atoms with Gasteiger partial charge in [0.25, 0.3) is 5.91 Å². The van der Waals surface area contributed by atoms with Gasteiger partial charge in [-0.25, -0.2) is 4.31 Å². The van der Waals surface area contributed by atoms with Crippen molar-refractivity contribution in [3.63, 3.8) is 0 Å². The highest BCUT2D eigenvalue weighted by Crippen LogP contribution is 2.28. The molecule has 1 amide bonds. The fourth-order valence-corrected chi connectivity index (χ4v) is 3.07.